The Morgan fingerprint density at radius 2 is 1.93 bits per heavy atom. The van der Waals surface area contributed by atoms with Crippen LogP contribution in [0.3, 0.4) is 0 Å². The highest BCUT2D eigenvalue weighted by molar-refractivity contribution is 4.87. The van der Waals surface area contributed by atoms with Crippen molar-refractivity contribution in [1.29, 1.82) is 0 Å². The Hall–Kier alpha value is -0.120. The fourth-order valence-corrected chi connectivity index (χ4v) is 2.43. The molecule has 0 bridgehead atoms. The minimum absolute atomic E-state index is 0.692. The second kappa shape index (κ2) is 4.17. The molecule has 2 fully saturated rings. The zero-order valence-electron chi connectivity index (χ0n) is 9.57. The Labute approximate surface area is 87.0 Å². The summed E-state index contributed by atoms with van der Waals surface area (Å²) < 4.78 is 5.26. The Morgan fingerprint density at radius 3 is 2.36 bits per heavy atom. The van der Waals surface area contributed by atoms with Crippen molar-refractivity contribution in [3.05, 3.63) is 0 Å². The zero-order valence-corrected chi connectivity index (χ0v) is 9.57. The van der Waals surface area contributed by atoms with Crippen LogP contribution in [0.2, 0.25) is 0 Å². The van der Waals surface area contributed by atoms with E-state index in [0.29, 0.717) is 18.1 Å². The molecular formula is C11H22N2O. The topological polar surface area (TPSA) is 15.7 Å². The molecule has 2 heterocycles. The first-order valence-corrected chi connectivity index (χ1v) is 5.76. The molecule has 2 aliphatic heterocycles. The SMILES string of the molecule is CC(C)N1CCN(C2COC2)C(C)C1. The maximum absolute atomic E-state index is 5.26. The van der Waals surface area contributed by atoms with Gasteiger partial charge in [0.15, 0.2) is 0 Å². The molecule has 0 saturated carbocycles. The molecule has 0 amide bonds. The molecule has 2 rings (SSSR count). The van der Waals surface area contributed by atoms with Gasteiger partial charge in [0, 0.05) is 31.7 Å². The van der Waals surface area contributed by atoms with Crippen molar-refractivity contribution in [2.45, 2.75) is 38.9 Å². The van der Waals surface area contributed by atoms with Crippen LogP contribution in [0.1, 0.15) is 20.8 Å². The van der Waals surface area contributed by atoms with Crippen molar-refractivity contribution in [3.63, 3.8) is 0 Å². The molecule has 0 aromatic rings. The number of nitrogens with zero attached hydrogens (tertiary/aromatic N) is 2. The molecule has 0 aromatic carbocycles. The van der Waals surface area contributed by atoms with Crippen LogP contribution in [0.15, 0.2) is 0 Å². The van der Waals surface area contributed by atoms with E-state index in [1.165, 1.54) is 19.6 Å². The molecule has 0 radical (unpaired) electrons. The third-order valence-corrected chi connectivity index (χ3v) is 3.53. The Kier molecular flexibility index (Phi) is 3.10. The third kappa shape index (κ3) is 1.95. The van der Waals surface area contributed by atoms with Gasteiger partial charge in [0.05, 0.1) is 19.3 Å². The van der Waals surface area contributed by atoms with Gasteiger partial charge in [-0.25, -0.2) is 0 Å². The predicted octanol–water partition coefficient (Wildman–Crippen LogP) is 0.800. The summed E-state index contributed by atoms with van der Waals surface area (Å²) in [6.07, 6.45) is 0. The van der Waals surface area contributed by atoms with Crippen molar-refractivity contribution in [2.75, 3.05) is 32.8 Å². The highest BCUT2D eigenvalue weighted by Crippen LogP contribution is 2.19. The second-order valence-electron chi connectivity index (χ2n) is 4.87. The van der Waals surface area contributed by atoms with Gasteiger partial charge in [-0.2, -0.15) is 0 Å². The summed E-state index contributed by atoms with van der Waals surface area (Å²) in [4.78, 5) is 5.18. The monoisotopic (exact) mass is 198 g/mol. The molecule has 0 spiro atoms. The molecule has 14 heavy (non-hydrogen) atoms. The average molecular weight is 198 g/mol. The fourth-order valence-electron chi connectivity index (χ4n) is 2.43. The number of hydrogen-bond donors (Lipinski definition) is 0. The van der Waals surface area contributed by atoms with Crippen molar-refractivity contribution in [1.82, 2.24) is 9.80 Å². The van der Waals surface area contributed by atoms with E-state index in [9.17, 15) is 0 Å². The lowest BCUT2D eigenvalue weighted by Crippen LogP contribution is -2.61. The maximum atomic E-state index is 5.26. The molecule has 82 valence electrons. The normalized spacial score (nSPS) is 32.1. The summed E-state index contributed by atoms with van der Waals surface area (Å²) in [5.41, 5.74) is 0. The van der Waals surface area contributed by atoms with E-state index in [1.54, 1.807) is 0 Å². The second-order valence-corrected chi connectivity index (χ2v) is 4.87. The molecule has 0 aliphatic carbocycles. The predicted molar refractivity (Wildman–Crippen MR) is 57.5 cm³/mol. The molecular weight excluding hydrogens is 176 g/mol. The average Bonchev–Trinajstić information content (AvgIpc) is 2.04. The first-order valence-electron chi connectivity index (χ1n) is 5.76. The van der Waals surface area contributed by atoms with Gasteiger partial charge >= 0.3 is 0 Å². The summed E-state index contributed by atoms with van der Waals surface area (Å²) in [7, 11) is 0. The van der Waals surface area contributed by atoms with Gasteiger partial charge in [-0.3, -0.25) is 9.80 Å². The van der Waals surface area contributed by atoms with E-state index in [0.717, 1.165) is 13.2 Å². The van der Waals surface area contributed by atoms with E-state index in [2.05, 4.69) is 30.6 Å². The van der Waals surface area contributed by atoms with E-state index in [-0.39, 0.29) is 0 Å². The quantitative estimate of drug-likeness (QED) is 0.653. The van der Waals surface area contributed by atoms with E-state index in [4.69, 9.17) is 4.74 Å². The van der Waals surface area contributed by atoms with Crippen LogP contribution in [0.4, 0.5) is 0 Å². The molecule has 2 saturated heterocycles. The number of rotatable bonds is 2. The van der Waals surface area contributed by atoms with Gasteiger partial charge in [0.2, 0.25) is 0 Å². The van der Waals surface area contributed by atoms with E-state index in [1.807, 2.05) is 0 Å². The molecule has 3 heteroatoms. The van der Waals surface area contributed by atoms with Crippen molar-refractivity contribution >= 4 is 0 Å². The lowest BCUT2D eigenvalue weighted by atomic mass is 10.1. The highest BCUT2D eigenvalue weighted by Gasteiger charge is 2.33. The summed E-state index contributed by atoms with van der Waals surface area (Å²) in [5, 5.41) is 0. The van der Waals surface area contributed by atoms with Gasteiger partial charge < -0.3 is 4.74 Å². The Bertz CT molecular complexity index is 192. The Balaban J connectivity index is 1.86. The zero-order chi connectivity index (χ0) is 10.1. The standard InChI is InChI=1S/C11H22N2O/c1-9(2)12-4-5-13(10(3)6-12)11-7-14-8-11/h9-11H,4-8H2,1-3H3. The summed E-state index contributed by atoms with van der Waals surface area (Å²) >= 11 is 0. The summed E-state index contributed by atoms with van der Waals surface area (Å²) in [6, 6.07) is 2.09. The van der Waals surface area contributed by atoms with E-state index >= 15 is 0 Å². The molecule has 1 atom stereocenters. The largest absolute Gasteiger partial charge is 0.378 e. The molecule has 0 aromatic heterocycles. The van der Waals surface area contributed by atoms with Gasteiger partial charge in [0.25, 0.3) is 0 Å². The smallest absolute Gasteiger partial charge is 0.0645 e. The van der Waals surface area contributed by atoms with Crippen LogP contribution in [-0.2, 0) is 4.74 Å². The summed E-state index contributed by atoms with van der Waals surface area (Å²) in [6.45, 7) is 12.5. The minimum Gasteiger partial charge on any atom is -0.378 e. The van der Waals surface area contributed by atoms with Crippen molar-refractivity contribution in [3.8, 4) is 0 Å². The van der Waals surface area contributed by atoms with Gasteiger partial charge in [-0.15, -0.1) is 0 Å². The lowest BCUT2D eigenvalue weighted by molar-refractivity contribution is -0.0956. The molecule has 1 unspecified atom stereocenters. The lowest BCUT2D eigenvalue weighted by Gasteiger charge is -2.47. The van der Waals surface area contributed by atoms with Gasteiger partial charge in [-0.05, 0) is 20.8 Å². The van der Waals surface area contributed by atoms with Crippen molar-refractivity contribution < 1.29 is 4.74 Å². The first kappa shape index (κ1) is 10.4. The summed E-state index contributed by atoms with van der Waals surface area (Å²) in [5.74, 6) is 0. The Morgan fingerprint density at radius 1 is 1.21 bits per heavy atom. The van der Waals surface area contributed by atoms with Crippen LogP contribution < -0.4 is 0 Å². The molecule has 3 nitrogen and oxygen atoms in total. The number of hydrogen-bond acceptors (Lipinski definition) is 3. The fraction of sp³-hybridized carbons (Fsp3) is 1.00. The number of ether oxygens (including phenoxy) is 1. The van der Waals surface area contributed by atoms with Crippen molar-refractivity contribution in [2.24, 2.45) is 0 Å². The third-order valence-electron chi connectivity index (χ3n) is 3.53. The van der Waals surface area contributed by atoms with Crippen LogP contribution in [0.25, 0.3) is 0 Å². The molecule has 2 aliphatic rings. The maximum Gasteiger partial charge on any atom is 0.0645 e. The highest BCUT2D eigenvalue weighted by atomic mass is 16.5. The van der Waals surface area contributed by atoms with E-state index < -0.39 is 0 Å². The van der Waals surface area contributed by atoms with Crippen LogP contribution in [0, 0.1) is 0 Å². The van der Waals surface area contributed by atoms with Crippen LogP contribution in [-0.4, -0.2) is 60.8 Å². The molecule has 0 N–H and O–H groups in total. The van der Waals surface area contributed by atoms with Gasteiger partial charge in [-0.1, -0.05) is 0 Å². The first-order chi connectivity index (χ1) is 6.68. The van der Waals surface area contributed by atoms with Crippen LogP contribution in [0.5, 0.6) is 0 Å². The van der Waals surface area contributed by atoms with Gasteiger partial charge in [0.1, 0.15) is 0 Å². The minimum atomic E-state index is 0.692. The van der Waals surface area contributed by atoms with Crippen LogP contribution >= 0.6 is 0 Å². The number of piperazine rings is 1.